The normalized spacial score (nSPS) is 23.4. The molecule has 2 atom stereocenters. The highest BCUT2D eigenvalue weighted by molar-refractivity contribution is 5.80. The smallest absolute Gasteiger partial charge is 0.247 e. The van der Waals surface area contributed by atoms with Gasteiger partial charge in [-0.3, -0.25) is 9.69 Å². The van der Waals surface area contributed by atoms with E-state index in [4.69, 9.17) is 9.15 Å². The van der Waals surface area contributed by atoms with Crippen LogP contribution >= 0.6 is 0 Å². The Morgan fingerprint density at radius 2 is 2.04 bits per heavy atom. The summed E-state index contributed by atoms with van der Waals surface area (Å²) in [5.74, 6) is 1.45. The van der Waals surface area contributed by atoms with Gasteiger partial charge in [0.25, 0.3) is 0 Å². The molecule has 0 aliphatic carbocycles. The van der Waals surface area contributed by atoms with Gasteiger partial charge in [0, 0.05) is 38.3 Å². The predicted octanol–water partition coefficient (Wildman–Crippen LogP) is 1.81. The van der Waals surface area contributed by atoms with Crippen LogP contribution in [0.1, 0.15) is 18.7 Å². The van der Waals surface area contributed by atoms with Crippen molar-refractivity contribution in [2.24, 2.45) is 5.92 Å². The molecule has 4 heterocycles. The first-order valence-electron chi connectivity index (χ1n) is 9.14. The lowest BCUT2D eigenvalue weighted by atomic mass is 9.94. The molecule has 5 rings (SSSR count). The molecule has 0 radical (unpaired) electrons. The van der Waals surface area contributed by atoms with Gasteiger partial charge in [-0.2, -0.15) is 0 Å². The van der Waals surface area contributed by atoms with Crippen LogP contribution in [0.25, 0.3) is 11.5 Å². The van der Waals surface area contributed by atoms with Gasteiger partial charge in [0.2, 0.25) is 17.7 Å². The fraction of sp³-hybridized carbons (Fsp3) is 0.526. The van der Waals surface area contributed by atoms with Gasteiger partial charge >= 0.3 is 0 Å². The average molecular weight is 356 g/mol. The fourth-order valence-corrected chi connectivity index (χ4v) is 3.95. The topological polar surface area (TPSA) is 71.7 Å². The zero-order valence-corrected chi connectivity index (χ0v) is 15.0. The van der Waals surface area contributed by atoms with Gasteiger partial charge in [0.05, 0.1) is 19.1 Å². The van der Waals surface area contributed by atoms with Crippen LogP contribution in [-0.4, -0.2) is 65.3 Å². The van der Waals surface area contributed by atoms with Crippen molar-refractivity contribution in [1.29, 1.82) is 0 Å². The summed E-state index contributed by atoms with van der Waals surface area (Å²) in [5, 5.41) is 8.36. The minimum atomic E-state index is 0.0575. The van der Waals surface area contributed by atoms with Gasteiger partial charge in [0.1, 0.15) is 0 Å². The number of amides is 1. The van der Waals surface area contributed by atoms with Crippen LogP contribution in [0.5, 0.6) is 0 Å². The van der Waals surface area contributed by atoms with Crippen molar-refractivity contribution in [2.75, 3.05) is 33.4 Å². The number of rotatable bonds is 6. The van der Waals surface area contributed by atoms with Crippen molar-refractivity contribution in [2.45, 2.75) is 25.4 Å². The van der Waals surface area contributed by atoms with Crippen molar-refractivity contribution < 1.29 is 13.9 Å². The molecule has 1 amide bonds. The number of hydrogen-bond donors (Lipinski definition) is 0. The monoisotopic (exact) mass is 356 g/mol. The largest absolute Gasteiger partial charge is 0.419 e. The van der Waals surface area contributed by atoms with E-state index in [1.807, 2.05) is 35.2 Å². The first-order chi connectivity index (χ1) is 12.7. The van der Waals surface area contributed by atoms with E-state index in [-0.39, 0.29) is 17.9 Å². The Bertz CT molecular complexity index is 748. The Morgan fingerprint density at radius 3 is 2.85 bits per heavy atom. The van der Waals surface area contributed by atoms with E-state index in [9.17, 15) is 4.79 Å². The lowest BCUT2D eigenvalue weighted by Gasteiger charge is -2.35. The summed E-state index contributed by atoms with van der Waals surface area (Å²) in [6.45, 7) is 3.43. The SMILES string of the molecule is COCCN1C(=O)[C@H]2CC[C@@H]1CN(Cc1nnc(-c3ccccc3)o1)C2. The third-order valence-electron chi connectivity index (χ3n) is 5.25. The molecular weight excluding hydrogens is 332 g/mol. The second-order valence-electron chi connectivity index (χ2n) is 7.01. The van der Waals surface area contributed by atoms with Crippen molar-refractivity contribution in [3.05, 3.63) is 36.2 Å². The van der Waals surface area contributed by atoms with Crippen molar-refractivity contribution >= 4 is 5.91 Å². The van der Waals surface area contributed by atoms with E-state index < -0.39 is 0 Å². The van der Waals surface area contributed by atoms with Crippen molar-refractivity contribution in [3.63, 3.8) is 0 Å². The van der Waals surface area contributed by atoms with Crippen LogP contribution in [0.3, 0.4) is 0 Å². The minimum absolute atomic E-state index is 0.0575. The first kappa shape index (κ1) is 17.2. The molecule has 2 aromatic rings. The van der Waals surface area contributed by atoms with Crippen LogP contribution in [0.15, 0.2) is 34.7 Å². The molecule has 1 aromatic carbocycles. The molecule has 1 aromatic heterocycles. The number of carbonyl (C=O) groups is 1. The summed E-state index contributed by atoms with van der Waals surface area (Å²) >= 11 is 0. The molecule has 3 aliphatic rings. The van der Waals surface area contributed by atoms with E-state index in [0.717, 1.165) is 31.5 Å². The van der Waals surface area contributed by atoms with E-state index in [1.54, 1.807) is 7.11 Å². The first-order valence-corrected chi connectivity index (χ1v) is 9.14. The number of fused-ring (bicyclic) bond motifs is 4. The van der Waals surface area contributed by atoms with Crippen LogP contribution in [-0.2, 0) is 16.1 Å². The number of benzene rings is 1. The molecule has 138 valence electrons. The lowest BCUT2D eigenvalue weighted by molar-refractivity contribution is -0.140. The van der Waals surface area contributed by atoms with E-state index >= 15 is 0 Å². The van der Waals surface area contributed by atoms with Gasteiger partial charge in [-0.25, -0.2) is 0 Å². The van der Waals surface area contributed by atoms with Crippen LogP contribution in [0, 0.1) is 5.92 Å². The predicted molar refractivity (Wildman–Crippen MR) is 95.1 cm³/mol. The molecule has 0 N–H and O–H groups in total. The maximum Gasteiger partial charge on any atom is 0.247 e. The summed E-state index contributed by atoms with van der Waals surface area (Å²) in [4.78, 5) is 17.0. The summed E-state index contributed by atoms with van der Waals surface area (Å²) in [7, 11) is 1.67. The summed E-state index contributed by atoms with van der Waals surface area (Å²) < 4.78 is 11.0. The Hall–Kier alpha value is -2.25. The van der Waals surface area contributed by atoms with Crippen molar-refractivity contribution in [3.8, 4) is 11.5 Å². The van der Waals surface area contributed by atoms with Crippen LogP contribution < -0.4 is 0 Å². The Kier molecular flexibility index (Phi) is 4.99. The molecule has 0 spiro atoms. The van der Waals surface area contributed by atoms with Crippen LogP contribution in [0.2, 0.25) is 0 Å². The maximum atomic E-state index is 12.7. The molecule has 0 unspecified atom stereocenters. The van der Waals surface area contributed by atoms with E-state index in [2.05, 4.69) is 15.1 Å². The summed E-state index contributed by atoms with van der Waals surface area (Å²) in [6, 6.07) is 10.0. The van der Waals surface area contributed by atoms with Gasteiger partial charge in [-0.05, 0) is 25.0 Å². The number of nitrogens with zero attached hydrogens (tertiary/aromatic N) is 4. The van der Waals surface area contributed by atoms with Gasteiger partial charge in [0.15, 0.2) is 0 Å². The molecule has 7 heteroatoms. The number of ether oxygens (including phenoxy) is 1. The van der Waals surface area contributed by atoms with Gasteiger partial charge in [-0.15, -0.1) is 10.2 Å². The lowest BCUT2D eigenvalue weighted by Crippen LogP contribution is -2.49. The van der Waals surface area contributed by atoms with Gasteiger partial charge < -0.3 is 14.1 Å². The average Bonchev–Trinajstić information content (AvgIpc) is 2.97. The highest BCUT2D eigenvalue weighted by Gasteiger charge is 2.40. The summed E-state index contributed by atoms with van der Waals surface area (Å²) in [6.07, 6.45) is 2.01. The maximum absolute atomic E-state index is 12.7. The number of aromatic nitrogens is 2. The molecule has 3 fully saturated rings. The standard InChI is InChI=1S/C19H24N4O3/c1-25-10-9-23-16-8-7-15(19(23)24)11-22(12-16)13-17-20-21-18(26-17)14-5-3-2-4-6-14/h2-6,15-16H,7-13H2,1H3/t15-,16+/m0/s1. The Morgan fingerprint density at radius 1 is 1.19 bits per heavy atom. The minimum Gasteiger partial charge on any atom is -0.419 e. The van der Waals surface area contributed by atoms with Crippen LogP contribution in [0.4, 0.5) is 0 Å². The number of hydrogen-bond acceptors (Lipinski definition) is 6. The zero-order valence-electron chi connectivity index (χ0n) is 15.0. The molecule has 2 bridgehead atoms. The van der Waals surface area contributed by atoms with E-state index in [1.165, 1.54) is 0 Å². The Labute approximate surface area is 152 Å². The van der Waals surface area contributed by atoms with Crippen molar-refractivity contribution in [1.82, 2.24) is 20.0 Å². The molecule has 3 saturated heterocycles. The fourth-order valence-electron chi connectivity index (χ4n) is 3.95. The second kappa shape index (κ2) is 7.55. The molecular formula is C19H24N4O3. The molecule has 7 nitrogen and oxygen atoms in total. The molecule has 3 aliphatic heterocycles. The number of methoxy groups -OCH3 is 1. The number of carbonyl (C=O) groups excluding carboxylic acids is 1. The quantitative estimate of drug-likeness (QED) is 0.786. The third kappa shape index (κ3) is 3.50. The second-order valence-corrected chi connectivity index (χ2v) is 7.01. The molecule has 26 heavy (non-hydrogen) atoms. The number of piperidine rings is 1. The van der Waals surface area contributed by atoms with Gasteiger partial charge in [-0.1, -0.05) is 18.2 Å². The van der Waals surface area contributed by atoms with E-state index in [0.29, 0.717) is 31.5 Å². The highest BCUT2D eigenvalue weighted by Crippen LogP contribution is 2.30. The summed E-state index contributed by atoms with van der Waals surface area (Å²) in [5.41, 5.74) is 0.920. The third-order valence-corrected chi connectivity index (χ3v) is 5.25. The molecule has 0 saturated carbocycles. The zero-order chi connectivity index (χ0) is 17.9. The highest BCUT2D eigenvalue weighted by atomic mass is 16.5. The Balaban J connectivity index is 1.45.